The highest BCUT2D eigenvalue weighted by molar-refractivity contribution is 9.10. The second-order valence-corrected chi connectivity index (χ2v) is 6.95. The largest absolute Gasteiger partial charge is 0.494 e. The van der Waals surface area contributed by atoms with Crippen LogP contribution in [0.25, 0.3) is 11.3 Å². The normalized spacial score (nSPS) is 10.4. The lowest BCUT2D eigenvalue weighted by molar-refractivity contribution is -0.118. The van der Waals surface area contributed by atoms with Gasteiger partial charge in [-0.1, -0.05) is 15.9 Å². The Labute approximate surface area is 161 Å². The Kier molecular flexibility index (Phi) is 5.85. The van der Waals surface area contributed by atoms with Gasteiger partial charge in [0, 0.05) is 15.4 Å². The minimum absolute atomic E-state index is 0.131. The fourth-order valence-corrected chi connectivity index (χ4v) is 3.12. The number of amides is 1. The molecule has 0 bridgehead atoms. The fraction of sp³-hybridized carbons (Fsp3) is 0.111. The lowest BCUT2D eigenvalue weighted by atomic mass is 10.1. The standard InChI is InChI=1S/C18H14BrFN2O3S/c1-24-16-7-2-11(8-14(16)20)15-10-26-18(21-15)22-17(23)9-25-13-5-3-12(19)4-6-13/h2-8,10H,9H2,1H3,(H,21,22,23). The van der Waals surface area contributed by atoms with Crippen LogP contribution in [-0.4, -0.2) is 24.6 Å². The zero-order valence-corrected chi connectivity index (χ0v) is 16.1. The van der Waals surface area contributed by atoms with E-state index in [2.05, 4.69) is 26.2 Å². The average molecular weight is 437 g/mol. The summed E-state index contributed by atoms with van der Waals surface area (Å²) >= 11 is 4.59. The van der Waals surface area contributed by atoms with Gasteiger partial charge in [-0.05, 0) is 42.5 Å². The first-order valence-corrected chi connectivity index (χ1v) is 9.20. The molecule has 0 aliphatic rings. The van der Waals surface area contributed by atoms with Gasteiger partial charge in [-0.15, -0.1) is 11.3 Å². The Bertz CT molecular complexity index is 915. The highest BCUT2D eigenvalue weighted by Crippen LogP contribution is 2.28. The number of halogens is 2. The third kappa shape index (κ3) is 4.59. The number of rotatable bonds is 6. The third-order valence-corrected chi connectivity index (χ3v) is 4.67. The number of anilines is 1. The SMILES string of the molecule is COc1ccc(-c2csc(NC(=O)COc3ccc(Br)cc3)n2)cc1F. The number of carbonyl (C=O) groups is 1. The van der Waals surface area contributed by atoms with E-state index in [0.717, 1.165) is 4.47 Å². The van der Waals surface area contributed by atoms with E-state index < -0.39 is 5.82 Å². The maximum Gasteiger partial charge on any atom is 0.264 e. The summed E-state index contributed by atoms with van der Waals surface area (Å²) < 4.78 is 25.0. The molecule has 0 aliphatic carbocycles. The molecule has 0 saturated carbocycles. The summed E-state index contributed by atoms with van der Waals surface area (Å²) in [4.78, 5) is 16.3. The van der Waals surface area contributed by atoms with E-state index in [1.54, 1.807) is 23.6 Å². The molecule has 5 nitrogen and oxygen atoms in total. The maximum atomic E-state index is 13.8. The van der Waals surface area contributed by atoms with Crippen molar-refractivity contribution in [1.29, 1.82) is 0 Å². The molecular weight excluding hydrogens is 423 g/mol. The summed E-state index contributed by atoms with van der Waals surface area (Å²) in [5.41, 5.74) is 1.17. The summed E-state index contributed by atoms with van der Waals surface area (Å²) in [6.45, 7) is -0.131. The smallest absolute Gasteiger partial charge is 0.264 e. The molecule has 3 rings (SSSR count). The summed E-state index contributed by atoms with van der Waals surface area (Å²) in [6.07, 6.45) is 0. The predicted octanol–water partition coefficient (Wildman–Crippen LogP) is 4.74. The number of nitrogens with one attached hydrogen (secondary N) is 1. The predicted molar refractivity (Wildman–Crippen MR) is 102 cm³/mol. The number of methoxy groups -OCH3 is 1. The van der Waals surface area contributed by atoms with E-state index in [1.165, 1.54) is 30.6 Å². The van der Waals surface area contributed by atoms with Crippen molar-refractivity contribution >= 4 is 38.3 Å². The molecule has 1 aromatic heterocycles. The lowest BCUT2D eigenvalue weighted by Crippen LogP contribution is -2.20. The van der Waals surface area contributed by atoms with Crippen molar-refractivity contribution in [2.24, 2.45) is 0 Å². The van der Waals surface area contributed by atoms with Crippen molar-refractivity contribution in [3.05, 3.63) is 58.1 Å². The number of hydrogen-bond acceptors (Lipinski definition) is 5. The van der Waals surface area contributed by atoms with Gasteiger partial charge in [-0.2, -0.15) is 0 Å². The number of hydrogen-bond donors (Lipinski definition) is 1. The van der Waals surface area contributed by atoms with Crippen LogP contribution in [0.5, 0.6) is 11.5 Å². The van der Waals surface area contributed by atoms with E-state index in [9.17, 15) is 9.18 Å². The van der Waals surface area contributed by atoms with Crippen LogP contribution in [0.3, 0.4) is 0 Å². The second kappa shape index (κ2) is 8.29. The van der Waals surface area contributed by atoms with E-state index >= 15 is 0 Å². The number of benzene rings is 2. The van der Waals surface area contributed by atoms with Gasteiger partial charge in [-0.25, -0.2) is 9.37 Å². The number of aromatic nitrogens is 1. The quantitative estimate of drug-likeness (QED) is 0.606. The minimum Gasteiger partial charge on any atom is -0.494 e. The van der Waals surface area contributed by atoms with Crippen molar-refractivity contribution in [3.8, 4) is 22.8 Å². The van der Waals surface area contributed by atoms with E-state index in [4.69, 9.17) is 9.47 Å². The van der Waals surface area contributed by atoms with Gasteiger partial charge in [0.2, 0.25) is 0 Å². The molecule has 134 valence electrons. The first-order valence-electron chi connectivity index (χ1n) is 7.53. The van der Waals surface area contributed by atoms with Gasteiger partial charge in [-0.3, -0.25) is 10.1 Å². The summed E-state index contributed by atoms with van der Waals surface area (Å²) in [5.74, 6) is -0.0271. The van der Waals surface area contributed by atoms with E-state index in [-0.39, 0.29) is 18.3 Å². The molecule has 26 heavy (non-hydrogen) atoms. The van der Waals surface area contributed by atoms with Gasteiger partial charge in [0.15, 0.2) is 23.3 Å². The maximum absolute atomic E-state index is 13.8. The van der Waals surface area contributed by atoms with Crippen molar-refractivity contribution in [1.82, 2.24) is 4.98 Å². The van der Waals surface area contributed by atoms with Gasteiger partial charge in [0.25, 0.3) is 5.91 Å². The highest BCUT2D eigenvalue weighted by atomic mass is 79.9. The number of thiazole rings is 1. The lowest BCUT2D eigenvalue weighted by Gasteiger charge is -2.05. The molecule has 1 N–H and O–H groups in total. The van der Waals surface area contributed by atoms with E-state index in [0.29, 0.717) is 22.1 Å². The van der Waals surface area contributed by atoms with Gasteiger partial charge in [0.1, 0.15) is 5.75 Å². The summed E-state index contributed by atoms with van der Waals surface area (Å²) in [5, 5.41) is 4.83. The first kappa shape index (κ1) is 18.3. The fourth-order valence-electron chi connectivity index (χ4n) is 2.12. The molecule has 1 heterocycles. The summed E-state index contributed by atoms with van der Waals surface area (Å²) in [6, 6.07) is 11.8. The Hall–Kier alpha value is -2.45. The van der Waals surface area contributed by atoms with Crippen LogP contribution in [0.2, 0.25) is 0 Å². The third-order valence-electron chi connectivity index (χ3n) is 3.38. The number of carbonyl (C=O) groups excluding carboxylic acids is 1. The van der Waals surface area contributed by atoms with Crippen LogP contribution in [0.15, 0.2) is 52.3 Å². The molecule has 8 heteroatoms. The van der Waals surface area contributed by atoms with Crippen molar-refractivity contribution in [2.45, 2.75) is 0 Å². The molecule has 0 spiro atoms. The monoisotopic (exact) mass is 436 g/mol. The molecule has 0 radical (unpaired) electrons. The molecule has 0 atom stereocenters. The zero-order valence-electron chi connectivity index (χ0n) is 13.7. The Morgan fingerprint density at radius 2 is 2.04 bits per heavy atom. The topological polar surface area (TPSA) is 60.5 Å². The molecule has 3 aromatic rings. The van der Waals surface area contributed by atoms with Crippen molar-refractivity contribution < 1.29 is 18.7 Å². The molecule has 0 saturated heterocycles. The highest BCUT2D eigenvalue weighted by Gasteiger charge is 2.11. The molecular formula is C18H14BrFN2O3S. The number of nitrogens with zero attached hydrogens (tertiary/aromatic N) is 1. The van der Waals surface area contributed by atoms with Crippen LogP contribution in [0, 0.1) is 5.82 Å². The molecule has 0 unspecified atom stereocenters. The van der Waals surface area contributed by atoms with Crippen LogP contribution >= 0.6 is 27.3 Å². The van der Waals surface area contributed by atoms with Gasteiger partial charge in [0.05, 0.1) is 12.8 Å². The molecule has 2 aromatic carbocycles. The Morgan fingerprint density at radius 3 is 2.73 bits per heavy atom. The van der Waals surface area contributed by atoms with Crippen molar-refractivity contribution in [2.75, 3.05) is 19.0 Å². The zero-order chi connectivity index (χ0) is 18.5. The second-order valence-electron chi connectivity index (χ2n) is 5.18. The first-order chi connectivity index (χ1) is 12.5. The van der Waals surface area contributed by atoms with Gasteiger partial charge >= 0.3 is 0 Å². The van der Waals surface area contributed by atoms with E-state index in [1.807, 2.05) is 12.1 Å². The molecule has 0 fully saturated rings. The average Bonchev–Trinajstić information content (AvgIpc) is 3.09. The molecule has 0 aliphatic heterocycles. The van der Waals surface area contributed by atoms with Crippen LogP contribution in [0.1, 0.15) is 0 Å². The number of ether oxygens (including phenoxy) is 2. The van der Waals surface area contributed by atoms with Crippen molar-refractivity contribution in [3.63, 3.8) is 0 Å². The van der Waals surface area contributed by atoms with Crippen LogP contribution < -0.4 is 14.8 Å². The van der Waals surface area contributed by atoms with Crippen LogP contribution in [-0.2, 0) is 4.79 Å². The van der Waals surface area contributed by atoms with Gasteiger partial charge < -0.3 is 9.47 Å². The minimum atomic E-state index is -0.466. The van der Waals surface area contributed by atoms with Crippen LogP contribution in [0.4, 0.5) is 9.52 Å². The Balaban J connectivity index is 1.60. The molecule has 1 amide bonds. The Morgan fingerprint density at radius 1 is 1.27 bits per heavy atom. The summed E-state index contributed by atoms with van der Waals surface area (Å²) in [7, 11) is 1.41.